The van der Waals surface area contributed by atoms with Crippen molar-refractivity contribution in [3.05, 3.63) is 106 Å². The Balaban J connectivity index is 1.52. The summed E-state index contributed by atoms with van der Waals surface area (Å²) in [5.41, 5.74) is -2.18. The molecular weight excluding hydrogens is 777 g/mol. The van der Waals surface area contributed by atoms with E-state index in [-0.39, 0.29) is 40.3 Å². The van der Waals surface area contributed by atoms with E-state index in [1.54, 1.807) is 31.3 Å². The Hall–Kier alpha value is -5.67. The maximum absolute atomic E-state index is 15.8. The molecule has 11 nitrogen and oxygen atoms in total. The van der Waals surface area contributed by atoms with E-state index >= 15 is 8.78 Å². The van der Waals surface area contributed by atoms with Crippen molar-refractivity contribution >= 4 is 32.7 Å². The SMILES string of the molecule is C=C(C)C1Cc2c(C(F)F)nn(CC(=O)NC(Cc3cc(F)cc(F)c3)c3nc(C#CC(C)(C)O)ccc3-c3cccc4c(NS(C)(=O)=O)nn(C)c34)c2C1(F)F. The summed E-state index contributed by atoms with van der Waals surface area (Å²) in [4.78, 5) is 18.7. The van der Waals surface area contributed by atoms with E-state index in [2.05, 4.69) is 38.7 Å². The Morgan fingerprint density at radius 3 is 2.39 bits per heavy atom. The molecule has 5 aromatic rings. The van der Waals surface area contributed by atoms with Crippen LogP contribution in [-0.4, -0.2) is 55.8 Å². The number of nitrogens with one attached hydrogen (secondary N) is 2. The molecule has 0 fully saturated rings. The molecule has 3 aromatic heterocycles. The zero-order valence-electron chi connectivity index (χ0n) is 31.3. The van der Waals surface area contributed by atoms with Crippen molar-refractivity contribution in [2.24, 2.45) is 13.0 Å². The number of fused-ring (bicyclic) bond motifs is 2. The predicted octanol–water partition coefficient (Wildman–Crippen LogP) is 6.48. The number of amides is 1. The van der Waals surface area contributed by atoms with Crippen LogP contribution in [0.2, 0.25) is 0 Å². The molecule has 0 aliphatic heterocycles. The molecule has 57 heavy (non-hydrogen) atoms. The third-order valence-corrected chi connectivity index (χ3v) is 9.79. The fraction of sp³-hybridized carbons (Fsp3) is 0.333. The average Bonchev–Trinajstić information content (AvgIpc) is 3.70. The summed E-state index contributed by atoms with van der Waals surface area (Å²) in [5, 5.41) is 21.5. The van der Waals surface area contributed by atoms with Gasteiger partial charge in [0.2, 0.25) is 15.9 Å². The fourth-order valence-electron chi connectivity index (χ4n) is 6.98. The number of aromatic nitrogens is 5. The second kappa shape index (κ2) is 15.0. The summed E-state index contributed by atoms with van der Waals surface area (Å²) >= 11 is 0. The molecule has 3 N–H and O–H groups in total. The highest BCUT2D eigenvalue weighted by molar-refractivity contribution is 7.92. The molecule has 0 spiro atoms. The standard InChI is InChI=1S/C39H37F6N7O4S/c1-20(2)29-18-28-33(36(42)43)48-52(35(28)39(29,44)45)19-31(53)47-30(16-21-14-22(40)17-23(41)15-21)32-25(11-10-24(46-32)12-13-38(3,4)54)26-8-7-9-27-34(26)51(5)49-37(27)50-57(6,55)56/h7-11,14-15,17,29-30,36,54H,1,16,18-19H2,2-6H3,(H,47,53)(H,49,50). The van der Waals surface area contributed by atoms with Gasteiger partial charge in [0.25, 0.3) is 12.3 Å². The van der Waals surface area contributed by atoms with Gasteiger partial charge in [-0.3, -0.25) is 18.9 Å². The molecule has 2 atom stereocenters. The van der Waals surface area contributed by atoms with E-state index < -0.39 is 81.8 Å². The van der Waals surface area contributed by atoms with Crippen LogP contribution in [0, 0.1) is 29.4 Å². The van der Waals surface area contributed by atoms with Gasteiger partial charge in [-0.15, -0.1) is 0 Å². The lowest BCUT2D eigenvalue weighted by Crippen LogP contribution is -2.35. The topological polar surface area (TPSA) is 144 Å². The molecule has 18 heteroatoms. The number of anilines is 1. The van der Waals surface area contributed by atoms with Crippen LogP contribution in [0.25, 0.3) is 22.0 Å². The monoisotopic (exact) mass is 813 g/mol. The molecule has 2 aromatic carbocycles. The molecule has 0 bridgehead atoms. The summed E-state index contributed by atoms with van der Waals surface area (Å²) < 4.78 is 118. The van der Waals surface area contributed by atoms with Gasteiger partial charge in [-0.25, -0.2) is 31.0 Å². The predicted molar refractivity (Wildman–Crippen MR) is 200 cm³/mol. The van der Waals surface area contributed by atoms with Crippen molar-refractivity contribution < 1.29 is 44.7 Å². The molecule has 2 unspecified atom stereocenters. The lowest BCUT2D eigenvalue weighted by Gasteiger charge is -2.24. The van der Waals surface area contributed by atoms with E-state index in [1.807, 2.05) is 0 Å². The number of para-hydroxylation sites is 1. The largest absolute Gasteiger partial charge is 0.378 e. The molecule has 6 rings (SSSR count). The third-order valence-electron chi connectivity index (χ3n) is 9.22. The quantitative estimate of drug-likeness (QED) is 0.0787. The highest BCUT2D eigenvalue weighted by atomic mass is 32.2. The molecule has 0 radical (unpaired) electrons. The van der Waals surface area contributed by atoms with Crippen molar-refractivity contribution in [1.29, 1.82) is 0 Å². The van der Waals surface area contributed by atoms with Crippen LogP contribution in [0.3, 0.4) is 0 Å². The first-order valence-electron chi connectivity index (χ1n) is 17.4. The highest BCUT2D eigenvalue weighted by Gasteiger charge is 2.54. The minimum Gasteiger partial charge on any atom is -0.378 e. The van der Waals surface area contributed by atoms with E-state index in [0.717, 1.165) is 18.4 Å². The van der Waals surface area contributed by atoms with E-state index in [0.29, 0.717) is 32.8 Å². The minimum atomic E-state index is -3.76. The summed E-state index contributed by atoms with van der Waals surface area (Å²) in [6.07, 6.45) is -3.06. The van der Waals surface area contributed by atoms with Crippen LogP contribution in [0.5, 0.6) is 0 Å². The van der Waals surface area contributed by atoms with Gasteiger partial charge in [0.05, 0.1) is 29.4 Å². The number of hydrogen-bond donors (Lipinski definition) is 3. The van der Waals surface area contributed by atoms with Crippen LogP contribution in [-0.2, 0) is 47.2 Å². The molecule has 1 aliphatic carbocycles. The van der Waals surface area contributed by atoms with Crippen LogP contribution < -0.4 is 10.0 Å². The lowest BCUT2D eigenvalue weighted by atomic mass is 9.93. The molecule has 0 saturated carbocycles. The average molecular weight is 814 g/mol. The van der Waals surface area contributed by atoms with Crippen molar-refractivity contribution in [3.63, 3.8) is 0 Å². The summed E-state index contributed by atoms with van der Waals surface area (Å²) in [7, 11) is -2.20. The van der Waals surface area contributed by atoms with E-state index in [9.17, 15) is 35.9 Å². The van der Waals surface area contributed by atoms with Crippen molar-refractivity contribution in [1.82, 2.24) is 29.9 Å². The number of aliphatic hydroxyl groups is 1. The molecule has 3 heterocycles. The van der Waals surface area contributed by atoms with Gasteiger partial charge < -0.3 is 10.4 Å². The fourth-order valence-corrected chi connectivity index (χ4v) is 7.48. The van der Waals surface area contributed by atoms with Crippen LogP contribution in [0.15, 0.2) is 60.7 Å². The second-order valence-electron chi connectivity index (χ2n) is 14.5. The van der Waals surface area contributed by atoms with E-state index in [1.165, 1.54) is 31.5 Å². The van der Waals surface area contributed by atoms with Gasteiger partial charge in [0.15, 0.2) is 5.82 Å². The number of sulfonamides is 1. The minimum absolute atomic E-state index is 0.0136. The number of allylic oxidation sites excluding steroid dienone is 1. The first kappa shape index (κ1) is 41.0. The Labute approximate surface area is 323 Å². The van der Waals surface area contributed by atoms with Gasteiger partial charge in [-0.05, 0) is 75.4 Å². The first-order chi connectivity index (χ1) is 26.5. The number of hydrogen-bond acceptors (Lipinski definition) is 7. The van der Waals surface area contributed by atoms with Gasteiger partial charge in [-0.1, -0.05) is 30.2 Å². The van der Waals surface area contributed by atoms with Crippen LogP contribution >= 0.6 is 0 Å². The second-order valence-corrected chi connectivity index (χ2v) is 16.2. The van der Waals surface area contributed by atoms with Crippen molar-refractivity contribution in [2.75, 3.05) is 11.0 Å². The van der Waals surface area contributed by atoms with Crippen molar-refractivity contribution in [3.8, 4) is 23.0 Å². The lowest BCUT2D eigenvalue weighted by molar-refractivity contribution is -0.123. The number of nitrogens with zero attached hydrogens (tertiary/aromatic N) is 5. The summed E-state index contributed by atoms with van der Waals surface area (Å²) in [5.74, 6) is -2.62. The number of halogens is 6. The highest BCUT2D eigenvalue weighted by Crippen LogP contribution is 2.51. The van der Waals surface area contributed by atoms with Crippen molar-refractivity contribution in [2.45, 2.75) is 64.1 Å². The Morgan fingerprint density at radius 2 is 1.77 bits per heavy atom. The zero-order chi connectivity index (χ0) is 41.8. The molecule has 1 amide bonds. The number of rotatable bonds is 11. The Bertz CT molecular complexity index is 2580. The van der Waals surface area contributed by atoms with Gasteiger partial charge in [0.1, 0.15) is 40.9 Å². The normalized spacial score (nSPS) is 15.6. The molecular formula is C39H37F6N7O4S. The van der Waals surface area contributed by atoms with Crippen LogP contribution in [0.1, 0.15) is 67.1 Å². The number of carbonyl (C=O) groups excluding carboxylic acids is 1. The summed E-state index contributed by atoms with van der Waals surface area (Å²) in [6.45, 7) is 6.88. The Morgan fingerprint density at radius 1 is 1.09 bits per heavy atom. The first-order valence-corrected chi connectivity index (χ1v) is 19.3. The number of aryl methyl sites for hydroxylation is 1. The number of alkyl halides is 4. The van der Waals surface area contributed by atoms with E-state index in [4.69, 9.17) is 4.98 Å². The smallest absolute Gasteiger partial charge is 0.296 e. The zero-order valence-corrected chi connectivity index (χ0v) is 32.1. The number of carbonyl (C=O) groups is 1. The van der Waals surface area contributed by atoms with Crippen LogP contribution in [0.4, 0.5) is 32.2 Å². The number of pyridine rings is 1. The third kappa shape index (κ3) is 8.69. The molecule has 0 saturated heterocycles. The Kier molecular flexibility index (Phi) is 10.8. The number of benzene rings is 2. The van der Waals surface area contributed by atoms with Gasteiger partial charge >= 0.3 is 0 Å². The summed E-state index contributed by atoms with van der Waals surface area (Å²) in [6, 6.07) is 9.39. The molecule has 1 aliphatic rings. The van der Waals surface area contributed by atoms with Gasteiger partial charge in [-0.2, -0.15) is 19.0 Å². The maximum Gasteiger partial charge on any atom is 0.296 e. The molecule has 300 valence electrons. The van der Waals surface area contributed by atoms with Gasteiger partial charge in [0, 0.05) is 35.2 Å². The maximum atomic E-state index is 15.8.